The molecule has 3 rings (SSSR count). The number of nitrogens with zero attached hydrogens (tertiary/aromatic N) is 1. The smallest absolute Gasteiger partial charge is 0.321 e. The number of hydrogen-bond acceptors (Lipinski definition) is 3. The fourth-order valence-electron chi connectivity index (χ4n) is 2.95. The Morgan fingerprint density at radius 1 is 1.04 bits per heavy atom. The number of benzene rings is 1. The SMILES string of the molecule is O=C(NCC1CCCO1)Nc1ccc(NC(=O)N2CCCC2)cc1. The van der Waals surface area contributed by atoms with Crippen LogP contribution in [0, 0.1) is 0 Å². The second-order valence-electron chi connectivity index (χ2n) is 6.17. The van der Waals surface area contributed by atoms with Gasteiger partial charge in [0.1, 0.15) is 0 Å². The highest BCUT2D eigenvalue weighted by Crippen LogP contribution is 2.16. The maximum Gasteiger partial charge on any atom is 0.321 e. The van der Waals surface area contributed by atoms with E-state index < -0.39 is 0 Å². The minimum atomic E-state index is -0.251. The summed E-state index contributed by atoms with van der Waals surface area (Å²) in [6.45, 7) is 2.93. The molecule has 2 heterocycles. The molecule has 3 N–H and O–H groups in total. The molecule has 1 aromatic carbocycles. The maximum absolute atomic E-state index is 12.0. The minimum Gasteiger partial charge on any atom is -0.376 e. The molecular formula is C17H24N4O3. The second kappa shape index (κ2) is 8.01. The molecule has 4 amide bonds. The minimum absolute atomic E-state index is 0.0671. The topological polar surface area (TPSA) is 82.7 Å². The van der Waals surface area contributed by atoms with Crippen LogP contribution < -0.4 is 16.0 Å². The number of anilines is 2. The highest BCUT2D eigenvalue weighted by Gasteiger charge is 2.18. The van der Waals surface area contributed by atoms with Crippen molar-refractivity contribution < 1.29 is 14.3 Å². The quantitative estimate of drug-likeness (QED) is 0.792. The van der Waals surface area contributed by atoms with E-state index in [0.717, 1.165) is 51.1 Å². The standard InChI is InChI=1S/C17H24N4O3/c22-16(18-12-15-4-3-11-24-15)19-13-5-7-14(8-6-13)20-17(23)21-9-1-2-10-21/h5-8,15H,1-4,9-12H2,(H,20,23)(H2,18,19,22). The van der Waals surface area contributed by atoms with E-state index in [1.165, 1.54) is 0 Å². The van der Waals surface area contributed by atoms with Crippen molar-refractivity contribution in [1.29, 1.82) is 0 Å². The summed E-state index contributed by atoms with van der Waals surface area (Å²) in [5.74, 6) is 0. The van der Waals surface area contributed by atoms with Gasteiger partial charge in [0, 0.05) is 37.6 Å². The van der Waals surface area contributed by atoms with Crippen LogP contribution in [-0.4, -0.2) is 49.3 Å². The summed E-state index contributed by atoms with van der Waals surface area (Å²) < 4.78 is 5.46. The van der Waals surface area contributed by atoms with E-state index in [-0.39, 0.29) is 18.2 Å². The van der Waals surface area contributed by atoms with E-state index in [4.69, 9.17) is 4.74 Å². The average Bonchev–Trinajstić information content (AvgIpc) is 3.28. The summed E-state index contributed by atoms with van der Waals surface area (Å²) in [7, 11) is 0. The van der Waals surface area contributed by atoms with Gasteiger partial charge in [-0.15, -0.1) is 0 Å². The third-order valence-corrected chi connectivity index (χ3v) is 4.30. The molecule has 1 aromatic rings. The highest BCUT2D eigenvalue weighted by atomic mass is 16.5. The van der Waals surface area contributed by atoms with Crippen LogP contribution in [0.1, 0.15) is 25.7 Å². The first-order valence-corrected chi connectivity index (χ1v) is 8.53. The van der Waals surface area contributed by atoms with E-state index in [1.54, 1.807) is 24.3 Å². The number of ether oxygens (including phenoxy) is 1. The first-order valence-electron chi connectivity index (χ1n) is 8.53. The van der Waals surface area contributed by atoms with Gasteiger partial charge in [0.15, 0.2) is 0 Å². The van der Waals surface area contributed by atoms with E-state index in [9.17, 15) is 9.59 Å². The van der Waals surface area contributed by atoms with Gasteiger partial charge in [0.25, 0.3) is 0 Å². The lowest BCUT2D eigenvalue weighted by Crippen LogP contribution is -2.35. The van der Waals surface area contributed by atoms with Crippen LogP contribution in [0.15, 0.2) is 24.3 Å². The van der Waals surface area contributed by atoms with Crippen LogP contribution in [0.2, 0.25) is 0 Å². The Kier molecular flexibility index (Phi) is 5.53. The first-order chi connectivity index (χ1) is 11.7. The lowest BCUT2D eigenvalue weighted by Gasteiger charge is -2.16. The molecule has 7 heteroatoms. The molecule has 2 fully saturated rings. The number of carbonyl (C=O) groups excluding carboxylic acids is 2. The van der Waals surface area contributed by atoms with Crippen molar-refractivity contribution in [3.8, 4) is 0 Å². The maximum atomic E-state index is 12.0. The lowest BCUT2D eigenvalue weighted by molar-refractivity contribution is 0.112. The number of hydrogen-bond donors (Lipinski definition) is 3. The molecule has 1 atom stereocenters. The van der Waals surface area contributed by atoms with Crippen molar-refractivity contribution in [3.63, 3.8) is 0 Å². The van der Waals surface area contributed by atoms with E-state index >= 15 is 0 Å². The van der Waals surface area contributed by atoms with Gasteiger partial charge in [-0.2, -0.15) is 0 Å². The van der Waals surface area contributed by atoms with E-state index in [2.05, 4.69) is 16.0 Å². The number of urea groups is 2. The van der Waals surface area contributed by atoms with Crippen LogP contribution in [0.3, 0.4) is 0 Å². The van der Waals surface area contributed by atoms with Crippen LogP contribution in [0.25, 0.3) is 0 Å². The summed E-state index contributed by atoms with van der Waals surface area (Å²) >= 11 is 0. The van der Waals surface area contributed by atoms with Gasteiger partial charge in [0.2, 0.25) is 0 Å². The van der Waals surface area contributed by atoms with Gasteiger partial charge < -0.3 is 25.6 Å². The van der Waals surface area contributed by atoms with Crippen LogP contribution in [0.5, 0.6) is 0 Å². The van der Waals surface area contributed by atoms with Crippen LogP contribution in [0.4, 0.5) is 21.0 Å². The normalized spacial score (nSPS) is 20.0. The summed E-state index contributed by atoms with van der Waals surface area (Å²) in [6.07, 6.45) is 4.30. The van der Waals surface area contributed by atoms with Gasteiger partial charge in [-0.05, 0) is 49.9 Å². The zero-order valence-electron chi connectivity index (χ0n) is 13.7. The Hall–Kier alpha value is -2.28. The summed E-state index contributed by atoms with van der Waals surface area (Å²) in [5, 5.41) is 8.45. The molecule has 24 heavy (non-hydrogen) atoms. The van der Waals surface area contributed by atoms with Crippen molar-refractivity contribution in [3.05, 3.63) is 24.3 Å². The molecule has 0 aromatic heterocycles. The zero-order chi connectivity index (χ0) is 16.8. The molecule has 0 spiro atoms. The Labute approximate surface area is 141 Å². The van der Waals surface area contributed by atoms with Crippen molar-refractivity contribution in [2.75, 3.05) is 36.9 Å². The highest BCUT2D eigenvalue weighted by molar-refractivity contribution is 5.91. The largest absolute Gasteiger partial charge is 0.376 e. The Morgan fingerprint density at radius 2 is 1.71 bits per heavy atom. The summed E-state index contributed by atoms with van der Waals surface area (Å²) in [4.78, 5) is 25.7. The third kappa shape index (κ3) is 4.61. The van der Waals surface area contributed by atoms with Crippen molar-refractivity contribution in [2.24, 2.45) is 0 Å². The number of nitrogens with one attached hydrogen (secondary N) is 3. The number of likely N-dealkylation sites (tertiary alicyclic amines) is 1. The summed E-state index contributed by atoms with van der Waals surface area (Å²) in [6, 6.07) is 6.78. The van der Waals surface area contributed by atoms with Gasteiger partial charge in [0.05, 0.1) is 6.10 Å². The van der Waals surface area contributed by atoms with Crippen LogP contribution >= 0.6 is 0 Å². The van der Waals surface area contributed by atoms with Crippen molar-refractivity contribution >= 4 is 23.4 Å². The molecule has 7 nitrogen and oxygen atoms in total. The predicted octanol–water partition coefficient (Wildman–Crippen LogP) is 2.61. The Balaban J connectivity index is 1.43. The average molecular weight is 332 g/mol. The molecule has 0 bridgehead atoms. The molecule has 2 saturated heterocycles. The molecule has 2 aliphatic rings. The zero-order valence-corrected chi connectivity index (χ0v) is 13.7. The molecule has 2 aliphatic heterocycles. The van der Waals surface area contributed by atoms with Gasteiger partial charge in [-0.1, -0.05) is 0 Å². The monoisotopic (exact) mass is 332 g/mol. The lowest BCUT2D eigenvalue weighted by atomic mass is 10.2. The van der Waals surface area contributed by atoms with Crippen molar-refractivity contribution in [1.82, 2.24) is 10.2 Å². The van der Waals surface area contributed by atoms with E-state index in [0.29, 0.717) is 12.2 Å². The van der Waals surface area contributed by atoms with E-state index in [1.807, 2.05) is 4.90 Å². The summed E-state index contributed by atoms with van der Waals surface area (Å²) in [5.41, 5.74) is 1.40. The molecule has 1 unspecified atom stereocenters. The molecule has 130 valence electrons. The van der Waals surface area contributed by atoms with Gasteiger partial charge >= 0.3 is 12.1 Å². The number of rotatable bonds is 4. The molecular weight excluding hydrogens is 308 g/mol. The fraction of sp³-hybridized carbons (Fsp3) is 0.529. The van der Waals surface area contributed by atoms with Crippen LogP contribution in [-0.2, 0) is 4.74 Å². The first kappa shape index (κ1) is 16.6. The number of amides is 4. The molecule has 0 aliphatic carbocycles. The van der Waals surface area contributed by atoms with Gasteiger partial charge in [-0.3, -0.25) is 0 Å². The Morgan fingerprint density at radius 3 is 2.33 bits per heavy atom. The third-order valence-electron chi connectivity index (χ3n) is 4.30. The number of carbonyl (C=O) groups is 2. The molecule has 0 saturated carbocycles. The van der Waals surface area contributed by atoms with Crippen molar-refractivity contribution in [2.45, 2.75) is 31.8 Å². The fourth-order valence-corrected chi connectivity index (χ4v) is 2.95. The Bertz CT molecular complexity index is 564. The molecule has 0 radical (unpaired) electrons. The second-order valence-corrected chi connectivity index (χ2v) is 6.17. The van der Waals surface area contributed by atoms with Gasteiger partial charge in [-0.25, -0.2) is 9.59 Å². The predicted molar refractivity (Wildman–Crippen MR) is 92.3 cm³/mol.